The quantitative estimate of drug-likeness (QED) is 0.842. The number of hydrogen-bond donors (Lipinski definition) is 1. The molecule has 0 aliphatic rings. The Bertz CT molecular complexity index is 535. The molecule has 2 rings (SSSR count). The van der Waals surface area contributed by atoms with Crippen LogP contribution in [-0.4, -0.2) is 25.5 Å². The van der Waals surface area contributed by atoms with E-state index in [9.17, 15) is 0 Å². The van der Waals surface area contributed by atoms with E-state index in [-0.39, 0.29) is 0 Å². The normalized spacial score (nSPS) is 14.3. The zero-order valence-corrected chi connectivity index (χ0v) is 13.5. The van der Waals surface area contributed by atoms with E-state index in [1.165, 1.54) is 5.56 Å². The summed E-state index contributed by atoms with van der Waals surface area (Å²) < 4.78 is 5.65. The molecule has 2 aromatic rings. The number of furan rings is 1. The molecular weight excluding hydrogens is 260 g/mol. The second-order valence-corrected chi connectivity index (χ2v) is 5.86. The lowest BCUT2D eigenvalue weighted by Crippen LogP contribution is -2.32. The molecular formula is C18H26N2O. The van der Waals surface area contributed by atoms with Crippen molar-refractivity contribution in [1.82, 2.24) is 10.2 Å². The zero-order chi connectivity index (χ0) is 15.2. The van der Waals surface area contributed by atoms with E-state index < -0.39 is 0 Å². The van der Waals surface area contributed by atoms with Crippen molar-refractivity contribution in [2.45, 2.75) is 26.4 Å². The highest BCUT2D eigenvalue weighted by atomic mass is 16.3. The minimum Gasteiger partial charge on any atom is -0.465 e. The summed E-state index contributed by atoms with van der Waals surface area (Å²) in [5.41, 5.74) is 1.34. The van der Waals surface area contributed by atoms with E-state index in [0.29, 0.717) is 12.0 Å². The number of aryl methyl sites for hydroxylation is 1. The molecule has 0 radical (unpaired) electrons. The van der Waals surface area contributed by atoms with Gasteiger partial charge in [-0.15, -0.1) is 0 Å². The fourth-order valence-electron chi connectivity index (χ4n) is 2.94. The summed E-state index contributed by atoms with van der Waals surface area (Å²) in [6, 6.07) is 15.1. The third-order valence-electron chi connectivity index (χ3n) is 3.86. The van der Waals surface area contributed by atoms with Crippen molar-refractivity contribution in [3.8, 4) is 0 Å². The van der Waals surface area contributed by atoms with Gasteiger partial charge < -0.3 is 9.73 Å². The monoisotopic (exact) mass is 286 g/mol. The summed E-state index contributed by atoms with van der Waals surface area (Å²) in [5, 5.41) is 3.44. The molecule has 0 saturated heterocycles. The Labute approximate surface area is 128 Å². The molecule has 1 aromatic heterocycles. The summed E-state index contributed by atoms with van der Waals surface area (Å²) in [4.78, 5) is 2.32. The van der Waals surface area contributed by atoms with E-state index in [1.54, 1.807) is 0 Å². The van der Waals surface area contributed by atoms with Gasteiger partial charge in [0, 0.05) is 12.6 Å². The molecule has 0 aliphatic carbocycles. The van der Waals surface area contributed by atoms with Crippen LogP contribution in [0.1, 0.15) is 30.0 Å². The zero-order valence-electron chi connectivity index (χ0n) is 13.5. The highest BCUT2D eigenvalue weighted by Crippen LogP contribution is 2.22. The summed E-state index contributed by atoms with van der Waals surface area (Å²) in [6.07, 6.45) is 0. The summed E-state index contributed by atoms with van der Waals surface area (Å²) >= 11 is 0. The third kappa shape index (κ3) is 4.45. The average molecular weight is 286 g/mol. The number of nitrogens with one attached hydrogen (secondary N) is 1. The van der Waals surface area contributed by atoms with Gasteiger partial charge in [0.15, 0.2) is 0 Å². The largest absolute Gasteiger partial charge is 0.465 e. The van der Waals surface area contributed by atoms with Crippen LogP contribution in [0.5, 0.6) is 0 Å². The lowest BCUT2D eigenvalue weighted by atomic mass is 9.94. The van der Waals surface area contributed by atoms with Crippen LogP contribution < -0.4 is 5.32 Å². The standard InChI is InChI=1S/C18H26N2O/c1-14(18(19-3)16-8-6-5-7-9-16)12-20(4)13-17-11-10-15(2)21-17/h5-11,14,18-19H,12-13H2,1-4H3. The van der Waals surface area contributed by atoms with Crippen molar-refractivity contribution in [2.24, 2.45) is 5.92 Å². The lowest BCUT2D eigenvalue weighted by molar-refractivity contribution is 0.229. The van der Waals surface area contributed by atoms with Crippen LogP contribution >= 0.6 is 0 Å². The summed E-state index contributed by atoms with van der Waals surface area (Å²) in [7, 11) is 4.18. The van der Waals surface area contributed by atoms with Gasteiger partial charge in [-0.3, -0.25) is 4.90 Å². The molecule has 0 aliphatic heterocycles. The Morgan fingerprint density at radius 2 is 1.86 bits per heavy atom. The molecule has 2 unspecified atom stereocenters. The molecule has 114 valence electrons. The van der Waals surface area contributed by atoms with Crippen LogP contribution in [0.2, 0.25) is 0 Å². The first-order valence-corrected chi connectivity index (χ1v) is 7.56. The van der Waals surface area contributed by atoms with Crippen LogP contribution in [0.3, 0.4) is 0 Å². The van der Waals surface area contributed by atoms with Crippen LogP contribution in [0, 0.1) is 12.8 Å². The third-order valence-corrected chi connectivity index (χ3v) is 3.86. The first-order valence-electron chi connectivity index (χ1n) is 7.56. The highest BCUT2D eigenvalue weighted by Gasteiger charge is 2.19. The van der Waals surface area contributed by atoms with Crippen molar-refractivity contribution in [2.75, 3.05) is 20.6 Å². The molecule has 0 amide bonds. The highest BCUT2D eigenvalue weighted by molar-refractivity contribution is 5.19. The lowest BCUT2D eigenvalue weighted by Gasteiger charge is -2.28. The van der Waals surface area contributed by atoms with Crippen LogP contribution in [0.15, 0.2) is 46.9 Å². The Balaban J connectivity index is 1.94. The van der Waals surface area contributed by atoms with Crippen molar-refractivity contribution in [3.63, 3.8) is 0 Å². The van der Waals surface area contributed by atoms with Gasteiger partial charge in [-0.2, -0.15) is 0 Å². The molecule has 0 saturated carbocycles. The van der Waals surface area contributed by atoms with Gasteiger partial charge in [0.1, 0.15) is 11.5 Å². The Morgan fingerprint density at radius 1 is 1.14 bits per heavy atom. The van der Waals surface area contributed by atoms with E-state index in [2.05, 4.69) is 60.6 Å². The Kier molecular flexibility index (Phi) is 5.59. The minimum absolute atomic E-state index is 0.368. The van der Waals surface area contributed by atoms with Gasteiger partial charge in [-0.05, 0) is 44.6 Å². The molecule has 1 aromatic carbocycles. The average Bonchev–Trinajstić information content (AvgIpc) is 2.85. The molecule has 1 N–H and O–H groups in total. The van der Waals surface area contributed by atoms with E-state index in [0.717, 1.165) is 24.6 Å². The number of benzene rings is 1. The maximum absolute atomic E-state index is 5.65. The van der Waals surface area contributed by atoms with Crippen molar-refractivity contribution >= 4 is 0 Å². The molecule has 2 atom stereocenters. The van der Waals surface area contributed by atoms with Gasteiger partial charge in [-0.25, -0.2) is 0 Å². The topological polar surface area (TPSA) is 28.4 Å². The van der Waals surface area contributed by atoms with E-state index in [4.69, 9.17) is 4.42 Å². The predicted molar refractivity (Wildman–Crippen MR) is 87.2 cm³/mol. The maximum Gasteiger partial charge on any atom is 0.118 e. The van der Waals surface area contributed by atoms with Crippen molar-refractivity contribution in [1.29, 1.82) is 0 Å². The van der Waals surface area contributed by atoms with E-state index >= 15 is 0 Å². The SMILES string of the molecule is CNC(c1ccccc1)C(C)CN(C)Cc1ccc(C)o1. The number of nitrogens with zero attached hydrogens (tertiary/aromatic N) is 1. The first-order chi connectivity index (χ1) is 10.1. The molecule has 0 fully saturated rings. The van der Waals surface area contributed by atoms with Gasteiger partial charge >= 0.3 is 0 Å². The molecule has 0 bridgehead atoms. The predicted octanol–water partition coefficient (Wildman–Crippen LogP) is 3.62. The van der Waals surface area contributed by atoms with Crippen LogP contribution in [0.25, 0.3) is 0 Å². The number of rotatable bonds is 7. The molecule has 1 heterocycles. The Morgan fingerprint density at radius 3 is 2.43 bits per heavy atom. The second-order valence-electron chi connectivity index (χ2n) is 5.86. The van der Waals surface area contributed by atoms with E-state index in [1.807, 2.05) is 20.0 Å². The van der Waals surface area contributed by atoms with Gasteiger partial charge in [0.25, 0.3) is 0 Å². The van der Waals surface area contributed by atoms with Crippen LogP contribution in [0.4, 0.5) is 0 Å². The summed E-state index contributed by atoms with van der Waals surface area (Å²) in [6.45, 7) is 6.14. The fraction of sp³-hybridized carbons (Fsp3) is 0.444. The van der Waals surface area contributed by atoms with Gasteiger partial charge in [0.2, 0.25) is 0 Å². The van der Waals surface area contributed by atoms with Crippen molar-refractivity contribution in [3.05, 3.63) is 59.5 Å². The molecule has 21 heavy (non-hydrogen) atoms. The maximum atomic E-state index is 5.65. The van der Waals surface area contributed by atoms with Crippen molar-refractivity contribution < 1.29 is 4.42 Å². The summed E-state index contributed by atoms with van der Waals surface area (Å²) in [5.74, 6) is 2.52. The first kappa shape index (κ1) is 15.8. The second kappa shape index (κ2) is 7.43. The van der Waals surface area contributed by atoms with Gasteiger partial charge in [0.05, 0.1) is 6.54 Å². The minimum atomic E-state index is 0.368. The Hall–Kier alpha value is -1.58. The fourth-order valence-corrected chi connectivity index (χ4v) is 2.94. The number of hydrogen-bond acceptors (Lipinski definition) is 3. The molecule has 0 spiro atoms. The van der Waals surface area contributed by atoms with Crippen LogP contribution in [-0.2, 0) is 6.54 Å². The molecule has 3 nitrogen and oxygen atoms in total. The smallest absolute Gasteiger partial charge is 0.118 e. The van der Waals surface area contributed by atoms with Gasteiger partial charge in [-0.1, -0.05) is 37.3 Å². The molecule has 3 heteroatoms.